The Kier molecular flexibility index (Phi) is 6.79. The molecule has 0 spiro atoms. The molecule has 2 amide bonds. The lowest BCUT2D eigenvalue weighted by atomic mass is 9.95. The van der Waals surface area contributed by atoms with Crippen LogP contribution in [0.2, 0.25) is 0 Å². The van der Waals surface area contributed by atoms with Gasteiger partial charge in [-0.05, 0) is 56.5 Å². The third kappa shape index (κ3) is 5.30. The molecule has 9 heteroatoms. The van der Waals surface area contributed by atoms with Crippen molar-refractivity contribution in [3.8, 4) is 17.2 Å². The Hall–Kier alpha value is -4.01. The molecular formula is C27H29N3O6. The van der Waals surface area contributed by atoms with Gasteiger partial charge in [0.15, 0.2) is 11.5 Å². The van der Waals surface area contributed by atoms with Crippen LogP contribution in [0, 0.1) is 19.8 Å². The van der Waals surface area contributed by atoms with Crippen molar-refractivity contribution < 1.29 is 28.3 Å². The van der Waals surface area contributed by atoms with Gasteiger partial charge in [-0.1, -0.05) is 17.3 Å². The maximum Gasteiger partial charge on any atom is 0.231 e. The fourth-order valence-corrected chi connectivity index (χ4v) is 4.46. The SMILES string of the molecule is Cc1noc(C)c1COc1ccc(CC(=O)N2CCC(C(=O)Nc3ccc4c(c3)OCO4)CC2)cc1. The highest BCUT2D eigenvalue weighted by molar-refractivity contribution is 5.93. The molecule has 2 aromatic carbocycles. The molecule has 0 unspecified atom stereocenters. The molecule has 0 atom stereocenters. The zero-order valence-corrected chi connectivity index (χ0v) is 20.4. The van der Waals surface area contributed by atoms with Gasteiger partial charge in [-0.25, -0.2) is 0 Å². The highest BCUT2D eigenvalue weighted by atomic mass is 16.7. The quantitative estimate of drug-likeness (QED) is 0.532. The molecule has 1 aromatic heterocycles. The monoisotopic (exact) mass is 491 g/mol. The van der Waals surface area contributed by atoms with E-state index < -0.39 is 0 Å². The largest absolute Gasteiger partial charge is 0.489 e. The number of hydrogen-bond acceptors (Lipinski definition) is 7. The van der Waals surface area contributed by atoms with Crippen LogP contribution >= 0.6 is 0 Å². The minimum Gasteiger partial charge on any atom is -0.489 e. The number of hydrogen-bond donors (Lipinski definition) is 1. The first-order valence-electron chi connectivity index (χ1n) is 12.1. The number of amides is 2. The zero-order valence-electron chi connectivity index (χ0n) is 20.4. The van der Waals surface area contributed by atoms with Gasteiger partial charge < -0.3 is 29.0 Å². The zero-order chi connectivity index (χ0) is 25.1. The molecule has 3 aromatic rings. The van der Waals surface area contributed by atoms with Gasteiger partial charge in [-0.15, -0.1) is 0 Å². The number of carbonyl (C=O) groups excluding carboxylic acids is 2. The number of aryl methyl sites for hydroxylation is 2. The fourth-order valence-electron chi connectivity index (χ4n) is 4.46. The number of fused-ring (bicyclic) bond motifs is 1. The van der Waals surface area contributed by atoms with Crippen molar-refractivity contribution in [2.45, 2.75) is 39.7 Å². The van der Waals surface area contributed by atoms with Crippen LogP contribution in [0.5, 0.6) is 17.2 Å². The molecule has 0 radical (unpaired) electrons. The topological polar surface area (TPSA) is 103 Å². The second kappa shape index (κ2) is 10.3. The Morgan fingerprint density at radius 1 is 1.06 bits per heavy atom. The normalized spacial score (nSPS) is 15.1. The molecule has 36 heavy (non-hydrogen) atoms. The van der Waals surface area contributed by atoms with E-state index in [0.717, 1.165) is 28.3 Å². The number of aromatic nitrogens is 1. The van der Waals surface area contributed by atoms with Gasteiger partial charge in [-0.2, -0.15) is 0 Å². The molecule has 1 saturated heterocycles. The van der Waals surface area contributed by atoms with Crippen molar-refractivity contribution in [3.63, 3.8) is 0 Å². The van der Waals surface area contributed by atoms with E-state index in [0.29, 0.717) is 56.1 Å². The Bertz CT molecular complexity index is 1230. The summed E-state index contributed by atoms with van der Waals surface area (Å²) in [5.74, 6) is 2.69. The molecule has 3 heterocycles. The molecular weight excluding hydrogens is 462 g/mol. The molecule has 0 saturated carbocycles. The van der Waals surface area contributed by atoms with Gasteiger partial charge in [-0.3, -0.25) is 9.59 Å². The fraction of sp³-hybridized carbons (Fsp3) is 0.370. The predicted octanol–water partition coefficient (Wildman–Crippen LogP) is 4.02. The highest BCUT2D eigenvalue weighted by Gasteiger charge is 2.27. The maximum atomic E-state index is 12.8. The van der Waals surface area contributed by atoms with Crippen molar-refractivity contribution in [1.29, 1.82) is 0 Å². The van der Waals surface area contributed by atoms with E-state index in [-0.39, 0.29) is 24.5 Å². The van der Waals surface area contributed by atoms with E-state index in [4.69, 9.17) is 18.7 Å². The standard InChI is InChI=1S/C27H29N3O6/c1-17-23(18(2)36-29-17)15-33-22-6-3-19(4-7-22)13-26(31)30-11-9-20(10-12-30)27(32)28-21-5-8-24-25(14-21)35-16-34-24/h3-8,14,20H,9-13,15-16H2,1-2H3,(H,28,32). The number of piperidine rings is 1. The van der Waals surface area contributed by atoms with Gasteiger partial charge >= 0.3 is 0 Å². The number of ether oxygens (including phenoxy) is 3. The first-order chi connectivity index (χ1) is 17.5. The average molecular weight is 492 g/mol. The number of nitrogens with one attached hydrogen (secondary N) is 1. The van der Waals surface area contributed by atoms with Gasteiger partial charge in [0.2, 0.25) is 18.6 Å². The van der Waals surface area contributed by atoms with Crippen molar-refractivity contribution >= 4 is 17.5 Å². The minimum atomic E-state index is -0.131. The van der Waals surface area contributed by atoms with Gasteiger partial charge in [0.1, 0.15) is 18.1 Å². The van der Waals surface area contributed by atoms with Crippen LogP contribution in [0.1, 0.15) is 35.4 Å². The molecule has 0 bridgehead atoms. The molecule has 188 valence electrons. The first kappa shape index (κ1) is 23.7. The molecule has 0 aliphatic carbocycles. The van der Waals surface area contributed by atoms with Crippen molar-refractivity contribution in [1.82, 2.24) is 10.1 Å². The third-order valence-corrected chi connectivity index (χ3v) is 6.70. The van der Waals surface area contributed by atoms with E-state index >= 15 is 0 Å². The van der Waals surface area contributed by atoms with Crippen LogP contribution in [0.25, 0.3) is 0 Å². The van der Waals surface area contributed by atoms with Crippen LogP contribution in [-0.2, 0) is 22.6 Å². The van der Waals surface area contributed by atoms with E-state index in [2.05, 4.69) is 10.5 Å². The summed E-state index contributed by atoms with van der Waals surface area (Å²) in [7, 11) is 0. The first-order valence-corrected chi connectivity index (χ1v) is 12.1. The second-order valence-corrected chi connectivity index (χ2v) is 9.12. The number of rotatable bonds is 7. The number of anilines is 1. The number of nitrogens with zero attached hydrogens (tertiary/aromatic N) is 2. The summed E-state index contributed by atoms with van der Waals surface area (Å²) >= 11 is 0. The highest BCUT2D eigenvalue weighted by Crippen LogP contribution is 2.34. The van der Waals surface area contributed by atoms with E-state index in [1.807, 2.05) is 43.0 Å². The van der Waals surface area contributed by atoms with Crippen LogP contribution < -0.4 is 19.5 Å². The summed E-state index contributed by atoms with van der Waals surface area (Å²) in [5, 5.41) is 6.89. The Balaban J connectivity index is 1.07. The average Bonchev–Trinajstić information content (AvgIpc) is 3.49. The summed E-state index contributed by atoms with van der Waals surface area (Å²) in [6.45, 7) is 5.46. The molecule has 1 N–H and O–H groups in total. The third-order valence-electron chi connectivity index (χ3n) is 6.70. The Labute approximate surface area is 209 Å². The van der Waals surface area contributed by atoms with Gasteiger partial charge in [0.25, 0.3) is 0 Å². The molecule has 2 aliphatic rings. The Morgan fingerprint density at radius 2 is 1.81 bits per heavy atom. The van der Waals surface area contributed by atoms with Gasteiger partial charge in [0.05, 0.1) is 17.7 Å². The predicted molar refractivity (Wildman–Crippen MR) is 131 cm³/mol. The molecule has 5 rings (SSSR count). The molecule has 2 aliphatic heterocycles. The van der Waals surface area contributed by atoms with Crippen LogP contribution in [-0.4, -0.2) is 41.8 Å². The van der Waals surface area contributed by atoms with E-state index in [9.17, 15) is 9.59 Å². The number of benzene rings is 2. The minimum absolute atomic E-state index is 0.0341. The van der Waals surface area contributed by atoms with Crippen molar-refractivity contribution in [2.24, 2.45) is 5.92 Å². The van der Waals surface area contributed by atoms with E-state index in [1.54, 1.807) is 18.2 Å². The smallest absolute Gasteiger partial charge is 0.231 e. The number of carbonyl (C=O) groups is 2. The van der Waals surface area contributed by atoms with Crippen molar-refractivity contribution in [2.75, 3.05) is 25.2 Å². The summed E-state index contributed by atoms with van der Waals surface area (Å²) in [5.41, 5.74) is 3.38. The second-order valence-electron chi connectivity index (χ2n) is 9.12. The maximum absolute atomic E-state index is 12.8. The summed E-state index contributed by atoms with van der Waals surface area (Å²) in [4.78, 5) is 27.4. The van der Waals surface area contributed by atoms with E-state index in [1.165, 1.54) is 0 Å². The Morgan fingerprint density at radius 3 is 2.53 bits per heavy atom. The lowest BCUT2D eigenvalue weighted by molar-refractivity contribution is -0.133. The lowest BCUT2D eigenvalue weighted by Crippen LogP contribution is -2.42. The van der Waals surface area contributed by atoms with Gasteiger partial charge in [0, 0.05) is 30.8 Å². The van der Waals surface area contributed by atoms with Crippen LogP contribution in [0.4, 0.5) is 5.69 Å². The van der Waals surface area contributed by atoms with Crippen LogP contribution in [0.15, 0.2) is 47.0 Å². The number of likely N-dealkylation sites (tertiary alicyclic amines) is 1. The lowest BCUT2D eigenvalue weighted by Gasteiger charge is -2.31. The van der Waals surface area contributed by atoms with Crippen LogP contribution in [0.3, 0.4) is 0 Å². The summed E-state index contributed by atoms with van der Waals surface area (Å²) in [6, 6.07) is 12.9. The van der Waals surface area contributed by atoms with Crippen molar-refractivity contribution in [3.05, 3.63) is 65.0 Å². The molecule has 9 nitrogen and oxygen atoms in total. The summed E-state index contributed by atoms with van der Waals surface area (Å²) in [6.07, 6.45) is 1.59. The summed E-state index contributed by atoms with van der Waals surface area (Å²) < 4.78 is 21.7. The molecule has 1 fully saturated rings.